The van der Waals surface area contributed by atoms with Gasteiger partial charge in [-0.25, -0.2) is 0 Å². The van der Waals surface area contributed by atoms with Crippen LogP contribution in [0.4, 0.5) is 0 Å². The summed E-state index contributed by atoms with van der Waals surface area (Å²) < 4.78 is 21.3. The maximum absolute atomic E-state index is 10.4. The number of carbonyl (C=O) groups is 1. The molecule has 4 heteroatoms. The van der Waals surface area contributed by atoms with Crippen LogP contribution in [0.3, 0.4) is 0 Å². The van der Waals surface area contributed by atoms with E-state index in [1.807, 2.05) is 5.32 Å². The number of aliphatic hydroxyl groups is 1. The van der Waals surface area contributed by atoms with Crippen molar-refractivity contribution in [2.75, 3.05) is 6.50 Å². The van der Waals surface area contributed by atoms with Crippen molar-refractivity contribution < 1.29 is 19.1 Å². The van der Waals surface area contributed by atoms with Gasteiger partial charge in [-0.1, -0.05) is 0 Å². The van der Waals surface area contributed by atoms with Crippen LogP contribution in [0.1, 0.15) is 10.5 Å². The van der Waals surface area contributed by atoms with E-state index in [0.717, 1.165) is 0 Å². The van der Waals surface area contributed by atoms with E-state index in [-0.39, 0.29) is 0 Å². The fourth-order valence-corrected chi connectivity index (χ4v) is 0.607. The summed E-state index contributed by atoms with van der Waals surface area (Å²) in [4.78, 5) is 10.4. The van der Waals surface area contributed by atoms with Gasteiger partial charge in [0.15, 0.2) is 0 Å². The van der Waals surface area contributed by atoms with E-state index in [1.165, 1.54) is 0 Å². The van der Waals surface area contributed by atoms with Crippen LogP contribution in [0, 0.1) is 0 Å². The molecule has 0 radical (unpaired) electrons. The molecule has 52 valence electrons. The number of carboxylic acids is 1. The summed E-state index contributed by atoms with van der Waals surface area (Å²) in [5.41, 5.74) is 0. The minimum Gasteiger partial charge on any atom is -0.480 e. The number of nitrogens with one attached hydrogen (secondary N) is 1. The molecule has 0 aromatic rings. The van der Waals surface area contributed by atoms with Crippen molar-refractivity contribution in [1.82, 2.24) is 5.32 Å². The van der Waals surface area contributed by atoms with Crippen molar-refractivity contribution in [2.45, 2.75) is 18.5 Å². The molecule has 1 aliphatic heterocycles. The lowest BCUT2D eigenvalue weighted by Gasteiger charge is -1.99. The van der Waals surface area contributed by atoms with E-state index in [9.17, 15) is 4.79 Å². The monoisotopic (exact) mass is 134 g/mol. The molecular weight excluding hydrogens is 122 g/mol. The van der Waals surface area contributed by atoms with Crippen LogP contribution in [0.2, 0.25) is 0 Å². The highest BCUT2D eigenvalue weighted by atomic mass is 16.4. The number of aliphatic carboxylic acids is 1. The number of aliphatic hydroxyl groups excluding tert-OH is 1. The molecule has 2 atom stereocenters. The van der Waals surface area contributed by atoms with Crippen LogP contribution in [0.15, 0.2) is 0 Å². The van der Waals surface area contributed by atoms with Gasteiger partial charge in [-0.2, -0.15) is 0 Å². The highest BCUT2D eigenvalue weighted by Gasteiger charge is 2.27. The molecule has 0 aliphatic carbocycles. The summed E-state index contributed by atoms with van der Waals surface area (Å²) in [6.07, 6.45) is -1.90. The molecule has 1 fully saturated rings. The largest absolute Gasteiger partial charge is 0.480 e. The van der Waals surface area contributed by atoms with Crippen molar-refractivity contribution >= 4 is 5.97 Å². The van der Waals surface area contributed by atoms with Gasteiger partial charge in [-0.15, -0.1) is 0 Å². The summed E-state index contributed by atoms with van der Waals surface area (Å²) in [5.74, 6) is -1.48. The Morgan fingerprint density at radius 2 is 2.67 bits per heavy atom. The van der Waals surface area contributed by atoms with Crippen LogP contribution in [0.25, 0.3) is 0 Å². The van der Waals surface area contributed by atoms with E-state index in [2.05, 4.69) is 0 Å². The molecule has 4 nitrogen and oxygen atoms in total. The van der Waals surface area contributed by atoms with Crippen LogP contribution in [-0.4, -0.2) is 34.8 Å². The lowest BCUT2D eigenvalue weighted by Crippen LogP contribution is -2.29. The Morgan fingerprint density at radius 3 is 2.89 bits per heavy atom. The van der Waals surface area contributed by atoms with Crippen LogP contribution in [-0.2, 0) is 4.79 Å². The molecule has 1 aliphatic rings. The molecular formula is C5H9NO3. The number of hydrogen-bond acceptors (Lipinski definition) is 3. The molecule has 0 spiro atoms. The summed E-state index contributed by atoms with van der Waals surface area (Å²) >= 11 is 0. The molecule has 0 amide bonds. The molecule has 9 heavy (non-hydrogen) atoms. The van der Waals surface area contributed by atoms with Crippen LogP contribution < -0.4 is 5.32 Å². The minimum atomic E-state index is -2.19. The number of β-amino-alcohol motifs (C(OH)–C–C–N with tert-alkyl or cyclic N) is 1. The second kappa shape index (κ2) is 2.33. The molecule has 0 saturated carbocycles. The van der Waals surface area contributed by atoms with Crippen molar-refractivity contribution in [3.63, 3.8) is 0 Å². The predicted octanol–water partition coefficient (Wildman–Crippen LogP) is -1.21. The Balaban J connectivity index is 2.85. The SMILES string of the molecule is [2H]C1([2H])N[C@]([2H])(C(=O)O)C[C@@H]1O. The van der Waals surface area contributed by atoms with Gasteiger partial charge < -0.3 is 15.5 Å². The zero-order chi connectivity index (χ0) is 9.57. The van der Waals surface area contributed by atoms with Crippen molar-refractivity contribution in [1.29, 1.82) is 0 Å². The number of carboxylic acid groups (broad SMARTS) is 1. The fourth-order valence-electron chi connectivity index (χ4n) is 0.607. The Hall–Kier alpha value is -0.610. The Bertz CT molecular complexity index is 222. The Morgan fingerprint density at radius 1 is 2.00 bits per heavy atom. The number of hydrogen-bond donors (Lipinski definition) is 3. The van der Waals surface area contributed by atoms with Gasteiger partial charge in [-0.3, -0.25) is 4.79 Å². The summed E-state index contributed by atoms with van der Waals surface area (Å²) in [5, 5.41) is 19.4. The first-order chi connectivity index (χ1) is 5.28. The number of rotatable bonds is 1. The summed E-state index contributed by atoms with van der Waals surface area (Å²) in [6.45, 7) is -2.19. The smallest absolute Gasteiger partial charge is 0.320 e. The van der Waals surface area contributed by atoms with Gasteiger partial charge in [0, 0.05) is 15.7 Å². The third-order valence-electron chi connectivity index (χ3n) is 1.05. The summed E-state index contributed by atoms with van der Waals surface area (Å²) in [6, 6.07) is -2.11. The second-order valence-electron chi connectivity index (χ2n) is 1.77. The highest BCUT2D eigenvalue weighted by molar-refractivity contribution is 5.73. The lowest BCUT2D eigenvalue weighted by molar-refractivity contribution is -0.139. The molecule has 0 bridgehead atoms. The van der Waals surface area contributed by atoms with Crippen molar-refractivity contribution in [2.24, 2.45) is 0 Å². The van der Waals surface area contributed by atoms with Gasteiger partial charge in [0.2, 0.25) is 0 Å². The van der Waals surface area contributed by atoms with Gasteiger partial charge in [0.1, 0.15) is 6.02 Å². The first-order valence-electron chi connectivity index (χ1n) is 3.99. The van der Waals surface area contributed by atoms with Crippen molar-refractivity contribution in [3.05, 3.63) is 0 Å². The minimum absolute atomic E-state index is 0.449. The molecule has 0 unspecified atom stereocenters. The average Bonchev–Trinajstić information content (AvgIpc) is 2.03. The van der Waals surface area contributed by atoms with Gasteiger partial charge in [0.05, 0.1) is 7.47 Å². The third kappa shape index (κ3) is 1.40. The molecule has 1 heterocycles. The topological polar surface area (TPSA) is 69.6 Å². The first kappa shape index (κ1) is 3.53. The van der Waals surface area contributed by atoms with E-state index in [0.29, 0.717) is 0 Å². The van der Waals surface area contributed by atoms with Gasteiger partial charge in [-0.05, 0) is 0 Å². The molecule has 0 aromatic carbocycles. The van der Waals surface area contributed by atoms with Crippen LogP contribution in [0.5, 0.6) is 0 Å². The molecule has 3 N–H and O–H groups in total. The quantitative estimate of drug-likeness (QED) is 0.421. The van der Waals surface area contributed by atoms with E-state index in [1.54, 1.807) is 0 Å². The predicted molar refractivity (Wildman–Crippen MR) is 30.1 cm³/mol. The van der Waals surface area contributed by atoms with E-state index in [4.69, 9.17) is 14.3 Å². The maximum Gasteiger partial charge on any atom is 0.320 e. The fraction of sp³-hybridized carbons (Fsp3) is 0.800. The Labute approximate surface area is 56.7 Å². The normalized spacial score (nSPS) is 53.4. The Kier molecular flexibility index (Phi) is 0.913. The van der Waals surface area contributed by atoms with E-state index < -0.39 is 31.0 Å². The summed E-state index contributed by atoms with van der Waals surface area (Å²) in [7, 11) is 0. The molecule has 0 aromatic heterocycles. The first-order valence-corrected chi connectivity index (χ1v) is 2.49. The van der Waals surface area contributed by atoms with Gasteiger partial charge >= 0.3 is 5.97 Å². The second-order valence-corrected chi connectivity index (χ2v) is 1.77. The van der Waals surface area contributed by atoms with Crippen LogP contribution >= 0.6 is 0 Å². The maximum atomic E-state index is 10.4. The zero-order valence-corrected chi connectivity index (χ0v) is 4.59. The lowest BCUT2D eigenvalue weighted by atomic mass is 10.2. The third-order valence-corrected chi connectivity index (χ3v) is 1.05. The van der Waals surface area contributed by atoms with Crippen molar-refractivity contribution in [3.8, 4) is 0 Å². The van der Waals surface area contributed by atoms with Gasteiger partial charge in [0.25, 0.3) is 0 Å². The zero-order valence-electron chi connectivity index (χ0n) is 7.59. The average molecular weight is 134 g/mol. The highest BCUT2D eigenvalue weighted by Crippen LogP contribution is 2.05. The molecule has 1 rings (SSSR count). The van der Waals surface area contributed by atoms with E-state index >= 15 is 0 Å². The standard InChI is InChI=1S/C5H9NO3/c7-3-1-4(5(8)9)6-2-3/h3-4,6-7H,1-2H2,(H,8,9)/t3-,4-/m0/s1/i2D2,4D. The molecule has 1 saturated heterocycles.